The highest BCUT2D eigenvalue weighted by Gasteiger charge is 2.36. The molecule has 1 aromatic carbocycles. The molecule has 7 heteroatoms. The van der Waals surface area contributed by atoms with Crippen molar-refractivity contribution in [1.29, 1.82) is 0 Å². The second kappa shape index (κ2) is 5.54. The van der Waals surface area contributed by atoms with Gasteiger partial charge in [-0.3, -0.25) is 0 Å². The van der Waals surface area contributed by atoms with Crippen LogP contribution in [-0.2, 0) is 16.6 Å². The van der Waals surface area contributed by atoms with Crippen molar-refractivity contribution in [2.75, 3.05) is 13.2 Å². The highest BCUT2D eigenvalue weighted by molar-refractivity contribution is 7.89. The maximum Gasteiger partial charge on any atom is 0.243 e. The highest BCUT2D eigenvalue weighted by Crippen LogP contribution is 2.28. The van der Waals surface area contributed by atoms with E-state index in [9.17, 15) is 17.9 Å². The molecule has 0 aliphatic carbocycles. The number of benzene rings is 1. The molecule has 5 nitrogen and oxygen atoms in total. The summed E-state index contributed by atoms with van der Waals surface area (Å²) < 4.78 is 39.9. The zero-order valence-electron chi connectivity index (χ0n) is 10.4. The van der Waals surface area contributed by atoms with Gasteiger partial charge >= 0.3 is 0 Å². The minimum atomic E-state index is -3.81. The number of rotatable bonds is 4. The number of nitrogens with two attached hydrogens (primary N) is 1. The zero-order valence-corrected chi connectivity index (χ0v) is 11.2. The van der Waals surface area contributed by atoms with Crippen LogP contribution in [0.4, 0.5) is 4.39 Å². The molecule has 1 aliphatic rings. The summed E-state index contributed by atoms with van der Waals surface area (Å²) in [4.78, 5) is -0.102. The second-order valence-corrected chi connectivity index (χ2v) is 6.37. The maximum atomic E-state index is 13.6. The molecule has 106 valence electrons. The predicted octanol–water partition coefficient (Wildman–Crippen LogP) is 0.430. The first-order valence-corrected chi connectivity index (χ1v) is 7.56. The first-order chi connectivity index (χ1) is 9.02. The first-order valence-electron chi connectivity index (χ1n) is 6.12. The van der Waals surface area contributed by atoms with Crippen LogP contribution in [0.3, 0.4) is 0 Å². The maximum absolute atomic E-state index is 13.6. The van der Waals surface area contributed by atoms with Gasteiger partial charge in [0.2, 0.25) is 10.0 Å². The van der Waals surface area contributed by atoms with E-state index in [-0.39, 0.29) is 23.6 Å². The highest BCUT2D eigenvalue weighted by atomic mass is 32.2. The van der Waals surface area contributed by atoms with Gasteiger partial charge in [-0.25, -0.2) is 12.8 Å². The van der Waals surface area contributed by atoms with E-state index < -0.39 is 21.9 Å². The van der Waals surface area contributed by atoms with Crippen molar-refractivity contribution in [3.8, 4) is 0 Å². The van der Waals surface area contributed by atoms with E-state index in [1.807, 2.05) is 0 Å². The summed E-state index contributed by atoms with van der Waals surface area (Å²) in [5, 5.41) is 9.22. The number of halogens is 1. The monoisotopic (exact) mass is 288 g/mol. The van der Waals surface area contributed by atoms with Crippen LogP contribution >= 0.6 is 0 Å². The van der Waals surface area contributed by atoms with Gasteiger partial charge in [-0.1, -0.05) is 6.07 Å². The molecule has 19 heavy (non-hydrogen) atoms. The van der Waals surface area contributed by atoms with Gasteiger partial charge in [0.15, 0.2) is 0 Å². The Balaban J connectivity index is 2.48. The Kier molecular flexibility index (Phi) is 4.19. The summed E-state index contributed by atoms with van der Waals surface area (Å²) in [7, 11) is -3.81. The van der Waals surface area contributed by atoms with Crippen LogP contribution in [0.15, 0.2) is 23.1 Å². The van der Waals surface area contributed by atoms with Crippen LogP contribution in [0.1, 0.15) is 18.4 Å². The number of nitrogens with zero attached hydrogens (tertiary/aromatic N) is 1. The molecule has 1 saturated heterocycles. The quantitative estimate of drug-likeness (QED) is 0.841. The molecule has 0 radical (unpaired) electrons. The van der Waals surface area contributed by atoms with Crippen molar-refractivity contribution in [2.45, 2.75) is 30.3 Å². The molecule has 3 N–H and O–H groups in total. The second-order valence-electron chi connectivity index (χ2n) is 4.52. The molecular formula is C12H17FN2O3S. The molecular weight excluding hydrogens is 271 g/mol. The lowest BCUT2D eigenvalue weighted by atomic mass is 10.2. The third kappa shape index (κ3) is 2.51. The third-order valence-electron chi connectivity index (χ3n) is 3.40. The molecule has 1 aromatic rings. The van der Waals surface area contributed by atoms with E-state index in [1.54, 1.807) is 0 Å². The molecule has 1 aliphatic heterocycles. The van der Waals surface area contributed by atoms with Gasteiger partial charge in [-0.05, 0) is 25.0 Å². The van der Waals surface area contributed by atoms with E-state index in [0.717, 1.165) is 0 Å². The minimum Gasteiger partial charge on any atom is -0.395 e. The van der Waals surface area contributed by atoms with Crippen LogP contribution in [0.25, 0.3) is 0 Å². The Labute approximate surface area is 111 Å². The Morgan fingerprint density at radius 3 is 2.84 bits per heavy atom. The van der Waals surface area contributed by atoms with Gasteiger partial charge in [0.05, 0.1) is 11.5 Å². The number of sulfonamides is 1. The van der Waals surface area contributed by atoms with E-state index in [1.165, 1.54) is 22.5 Å². The summed E-state index contributed by atoms with van der Waals surface area (Å²) in [6.45, 7) is -0.0700. The van der Waals surface area contributed by atoms with Crippen molar-refractivity contribution < 1.29 is 17.9 Å². The standard InChI is InChI=1S/C12H17FN2O3S/c13-11-4-1-5-12(10(11)7-14)19(17,18)15-6-2-3-9(15)8-16/h1,4-5,9,16H,2-3,6-8,14H2. The first kappa shape index (κ1) is 14.4. The molecule has 1 unspecified atom stereocenters. The lowest BCUT2D eigenvalue weighted by Gasteiger charge is -2.23. The lowest BCUT2D eigenvalue weighted by molar-refractivity contribution is 0.213. The van der Waals surface area contributed by atoms with Gasteiger partial charge in [-0.15, -0.1) is 0 Å². The fourth-order valence-corrected chi connectivity index (χ4v) is 4.34. The van der Waals surface area contributed by atoms with Crippen molar-refractivity contribution in [3.63, 3.8) is 0 Å². The summed E-state index contributed by atoms with van der Waals surface area (Å²) in [6.07, 6.45) is 1.31. The smallest absolute Gasteiger partial charge is 0.243 e. The summed E-state index contributed by atoms with van der Waals surface area (Å²) in [5.41, 5.74) is 5.43. The van der Waals surface area contributed by atoms with Crippen LogP contribution in [0, 0.1) is 5.82 Å². The van der Waals surface area contributed by atoms with Crippen molar-refractivity contribution in [1.82, 2.24) is 4.31 Å². The van der Waals surface area contributed by atoms with Gasteiger partial charge in [-0.2, -0.15) is 4.31 Å². The van der Waals surface area contributed by atoms with Crippen LogP contribution < -0.4 is 5.73 Å². The largest absolute Gasteiger partial charge is 0.395 e. The summed E-state index contributed by atoms with van der Waals surface area (Å²) in [6, 6.07) is 3.46. The van der Waals surface area contributed by atoms with E-state index in [4.69, 9.17) is 5.73 Å². The molecule has 0 spiro atoms. The Morgan fingerprint density at radius 1 is 1.47 bits per heavy atom. The molecule has 0 aromatic heterocycles. The average molecular weight is 288 g/mol. The Morgan fingerprint density at radius 2 is 2.21 bits per heavy atom. The Hall–Kier alpha value is -1.02. The minimum absolute atomic E-state index is 0.00825. The Bertz CT molecular complexity index is 562. The number of aliphatic hydroxyl groups is 1. The summed E-state index contributed by atoms with van der Waals surface area (Å²) >= 11 is 0. The fourth-order valence-electron chi connectivity index (χ4n) is 2.41. The van der Waals surface area contributed by atoms with Gasteiger partial charge < -0.3 is 10.8 Å². The van der Waals surface area contributed by atoms with E-state index >= 15 is 0 Å². The molecule has 0 amide bonds. The number of hydrogen-bond donors (Lipinski definition) is 2. The molecule has 1 fully saturated rings. The molecule has 2 rings (SSSR count). The number of hydrogen-bond acceptors (Lipinski definition) is 4. The van der Waals surface area contributed by atoms with E-state index in [2.05, 4.69) is 0 Å². The fraction of sp³-hybridized carbons (Fsp3) is 0.500. The molecule has 1 heterocycles. The van der Waals surface area contributed by atoms with Crippen LogP contribution in [0.2, 0.25) is 0 Å². The van der Waals surface area contributed by atoms with Crippen LogP contribution in [-0.4, -0.2) is 37.0 Å². The topological polar surface area (TPSA) is 83.6 Å². The third-order valence-corrected chi connectivity index (χ3v) is 5.44. The normalized spacial score (nSPS) is 20.9. The number of aliphatic hydroxyl groups excluding tert-OH is 1. The lowest BCUT2D eigenvalue weighted by Crippen LogP contribution is -2.38. The van der Waals surface area contributed by atoms with Crippen molar-refractivity contribution in [2.24, 2.45) is 5.73 Å². The van der Waals surface area contributed by atoms with Gasteiger partial charge in [0.1, 0.15) is 5.82 Å². The molecule has 0 saturated carbocycles. The van der Waals surface area contributed by atoms with Crippen LogP contribution in [0.5, 0.6) is 0 Å². The molecule has 1 atom stereocenters. The van der Waals surface area contributed by atoms with Crippen molar-refractivity contribution in [3.05, 3.63) is 29.6 Å². The van der Waals surface area contributed by atoms with Crippen molar-refractivity contribution >= 4 is 10.0 Å². The SMILES string of the molecule is NCc1c(F)cccc1S(=O)(=O)N1CCCC1CO. The predicted molar refractivity (Wildman–Crippen MR) is 68.3 cm³/mol. The summed E-state index contributed by atoms with van der Waals surface area (Å²) in [5.74, 6) is -0.622. The van der Waals surface area contributed by atoms with Gasteiger partial charge in [0.25, 0.3) is 0 Å². The average Bonchev–Trinajstić information content (AvgIpc) is 2.87. The van der Waals surface area contributed by atoms with Gasteiger partial charge in [0, 0.05) is 24.7 Å². The zero-order chi connectivity index (χ0) is 14.0. The van der Waals surface area contributed by atoms with E-state index in [0.29, 0.717) is 19.4 Å². The molecule has 0 bridgehead atoms.